The van der Waals surface area contributed by atoms with Crippen LogP contribution in [0.3, 0.4) is 0 Å². The quantitative estimate of drug-likeness (QED) is 0.790. The highest BCUT2D eigenvalue weighted by atomic mass is 16.1. The van der Waals surface area contributed by atoms with E-state index in [0.717, 1.165) is 38.1 Å². The second-order valence-corrected chi connectivity index (χ2v) is 6.92. The number of carbonyl (C=O) groups excluding carboxylic acids is 1. The second-order valence-electron chi connectivity index (χ2n) is 6.92. The fourth-order valence-corrected chi connectivity index (χ4v) is 3.37. The number of carbonyl (C=O) groups is 1. The summed E-state index contributed by atoms with van der Waals surface area (Å²) in [4.78, 5) is 14.6. The van der Waals surface area contributed by atoms with Crippen LogP contribution in [0, 0.1) is 11.8 Å². The number of likely N-dealkylation sites (N-methyl/N-ethyl adjacent to an activating group) is 1. The largest absolute Gasteiger partial charge is 0.354 e. The maximum atomic E-state index is 12.4. The van der Waals surface area contributed by atoms with Crippen molar-refractivity contribution >= 4 is 5.91 Å². The van der Waals surface area contributed by atoms with E-state index in [4.69, 9.17) is 5.73 Å². The van der Waals surface area contributed by atoms with Gasteiger partial charge < -0.3 is 16.0 Å². The molecule has 0 aromatic rings. The highest BCUT2D eigenvalue weighted by Crippen LogP contribution is 2.35. The maximum absolute atomic E-state index is 12.4. The number of amides is 1. The Kier molecular flexibility index (Phi) is 4.51. The molecule has 2 saturated carbocycles. The van der Waals surface area contributed by atoms with Crippen LogP contribution < -0.4 is 11.1 Å². The first-order chi connectivity index (χ1) is 8.92. The zero-order valence-electron chi connectivity index (χ0n) is 12.6. The van der Waals surface area contributed by atoms with Gasteiger partial charge in [0, 0.05) is 18.1 Å². The van der Waals surface area contributed by atoms with Gasteiger partial charge in [-0.2, -0.15) is 0 Å². The van der Waals surface area contributed by atoms with Crippen molar-refractivity contribution in [3.63, 3.8) is 0 Å². The van der Waals surface area contributed by atoms with E-state index in [0.29, 0.717) is 6.04 Å². The molecule has 0 aliphatic heterocycles. The number of rotatable bonds is 5. The fraction of sp³-hybridized carbons (Fsp3) is 0.933. The van der Waals surface area contributed by atoms with Gasteiger partial charge in [0.05, 0.1) is 5.92 Å². The molecule has 19 heavy (non-hydrogen) atoms. The summed E-state index contributed by atoms with van der Waals surface area (Å²) < 4.78 is 0. The van der Waals surface area contributed by atoms with Crippen LogP contribution >= 0.6 is 0 Å². The lowest BCUT2D eigenvalue weighted by atomic mass is 9.74. The van der Waals surface area contributed by atoms with Gasteiger partial charge in [0.25, 0.3) is 0 Å². The summed E-state index contributed by atoms with van der Waals surface area (Å²) in [6.45, 7) is 2.80. The summed E-state index contributed by atoms with van der Waals surface area (Å²) in [5.41, 5.74) is 5.97. The standard InChI is InChI=1S/C15H29N3O/c1-15(16)9-5-4-6-12(15)14(19)17-10-13(18(2)3)11-7-8-11/h11-13H,4-10,16H2,1-3H3,(H,17,19). The van der Waals surface area contributed by atoms with Gasteiger partial charge in [-0.15, -0.1) is 0 Å². The smallest absolute Gasteiger partial charge is 0.225 e. The molecule has 1 amide bonds. The molecule has 2 rings (SSSR count). The summed E-state index contributed by atoms with van der Waals surface area (Å²) in [6, 6.07) is 0.483. The molecule has 2 aliphatic carbocycles. The monoisotopic (exact) mass is 267 g/mol. The first kappa shape index (κ1) is 14.8. The predicted octanol–water partition coefficient (Wildman–Crippen LogP) is 1.35. The first-order valence-corrected chi connectivity index (χ1v) is 7.65. The van der Waals surface area contributed by atoms with Gasteiger partial charge in [-0.05, 0) is 52.6 Å². The molecular formula is C15H29N3O. The molecule has 0 saturated heterocycles. The van der Waals surface area contributed by atoms with E-state index in [-0.39, 0.29) is 17.4 Å². The Morgan fingerprint density at radius 3 is 2.58 bits per heavy atom. The zero-order valence-corrected chi connectivity index (χ0v) is 12.6. The van der Waals surface area contributed by atoms with Crippen LogP contribution in [0.5, 0.6) is 0 Å². The van der Waals surface area contributed by atoms with Gasteiger partial charge in [-0.1, -0.05) is 12.8 Å². The van der Waals surface area contributed by atoms with Gasteiger partial charge in [-0.3, -0.25) is 4.79 Å². The molecule has 2 fully saturated rings. The molecule has 110 valence electrons. The van der Waals surface area contributed by atoms with E-state index in [2.05, 4.69) is 24.3 Å². The first-order valence-electron chi connectivity index (χ1n) is 7.65. The SMILES string of the molecule is CN(C)C(CNC(=O)C1CCCCC1(C)N)C1CC1. The molecule has 4 nitrogen and oxygen atoms in total. The van der Waals surface area contributed by atoms with Crippen molar-refractivity contribution in [2.45, 2.75) is 57.0 Å². The number of nitrogens with two attached hydrogens (primary N) is 1. The second kappa shape index (κ2) is 5.80. The summed E-state index contributed by atoms with van der Waals surface area (Å²) in [7, 11) is 4.20. The minimum atomic E-state index is -0.324. The number of hydrogen-bond donors (Lipinski definition) is 2. The average molecular weight is 267 g/mol. The van der Waals surface area contributed by atoms with Crippen LogP contribution in [-0.2, 0) is 4.79 Å². The van der Waals surface area contributed by atoms with Crippen molar-refractivity contribution in [2.75, 3.05) is 20.6 Å². The van der Waals surface area contributed by atoms with Crippen molar-refractivity contribution in [3.8, 4) is 0 Å². The third-order valence-corrected chi connectivity index (χ3v) is 4.89. The van der Waals surface area contributed by atoms with Crippen LogP contribution in [0.4, 0.5) is 0 Å². The van der Waals surface area contributed by atoms with E-state index in [1.165, 1.54) is 12.8 Å². The molecular weight excluding hydrogens is 238 g/mol. The van der Waals surface area contributed by atoms with E-state index in [1.807, 2.05) is 6.92 Å². The van der Waals surface area contributed by atoms with Gasteiger partial charge in [0.2, 0.25) is 5.91 Å². The van der Waals surface area contributed by atoms with Crippen LogP contribution in [0.15, 0.2) is 0 Å². The van der Waals surface area contributed by atoms with Gasteiger partial charge in [-0.25, -0.2) is 0 Å². The molecule has 0 heterocycles. The Hall–Kier alpha value is -0.610. The fourth-order valence-electron chi connectivity index (χ4n) is 3.37. The molecule has 0 aromatic heterocycles. The maximum Gasteiger partial charge on any atom is 0.225 e. The summed E-state index contributed by atoms with van der Waals surface area (Å²) in [6.07, 6.45) is 6.79. The van der Waals surface area contributed by atoms with Crippen molar-refractivity contribution in [2.24, 2.45) is 17.6 Å². The van der Waals surface area contributed by atoms with Gasteiger partial charge in [0.15, 0.2) is 0 Å². The highest BCUT2D eigenvalue weighted by molar-refractivity contribution is 5.80. The van der Waals surface area contributed by atoms with E-state index >= 15 is 0 Å². The minimum Gasteiger partial charge on any atom is -0.354 e. The van der Waals surface area contributed by atoms with Crippen LogP contribution in [0.1, 0.15) is 45.4 Å². The van der Waals surface area contributed by atoms with Crippen LogP contribution in [0.2, 0.25) is 0 Å². The molecule has 0 aromatic carbocycles. The Labute approximate surface area is 117 Å². The third kappa shape index (κ3) is 3.69. The van der Waals surface area contributed by atoms with Crippen molar-refractivity contribution < 1.29 is 4.79 Å². The molecule has 0 bridgehead atoms. The lowest BCUT2D eigenvalue weighted by molar-refractivity contribution is -0.128. The lowest BCUT2D eigenvalue weighted by Crippen LogP contribution is -2.54. The van der Waals surface area contributed by atoms with E-state index < -0.39 is 0 Å². The number of hydrogen-bond acceptors (Lipinski definition) is 3. The Morgan fingerprint density at radius 2 is 2.05 bits per heavy atom. The Balaban J connectivity index is 1.86. The van der Waals surface area contributed by atoms with Crippen molar-refractivity contribution in [3.05, 3.63) is 0 Å². The highest BCUT2D eigenvalue weighted by Gasteiger charge is 2.38. The third-order valence-electron chi connectivity index (χ3n) is 4.89. The number of nitrogens with one attached hydrogen (secondary N) is 1. The molecule has 4 heteroatoms. The molecule has 3 N–H and O–H groups in total. The molecule has 3 atom stereocenters. The van der Waals surface area contributed by atoms with E-state index in [1.54, 1.807) is 0 Å². The van der Waals surface area contributed by atoms with Crippen LogP contribution in [-0.4, -0.2) is 43.0 Å². The predicted molar refractivity (Wildman–Crippen MR) is 77.8 cm³/mol. The summed E-state index contributed by atoms with van der Waals surface area (Å²) >= 11 is 0. The number of nitrogens with zero attached hydrogens (tertiary/aromatic N) is 1. The Bertz CT molecular complexity index is 321. The minimum absolute atomic E-state index is 0.0109. The average Bonchev–Trinajstić information content (AvgIpc) is 3.12. The lowest BCUT2D eigenvalue weighted by Gasteiger charge is -2.37. The molecule has 3 unspecified atom stereocenters. The molecule has 0 spiro atoms. The summed E-state index contributed by atoms with van der Waals surface area (Å²) in [5.74, 6) is 0.923. The van der Waals surface area contributed by atoms with Gasteiger partial charge in [0.1, 0.15) is 0 Å². The van der Waals surface area contributed by atoms with E-state index in [9.17, 15) is 4.79 Å². The zero-order chi connectivity index (χ0) is 14.0. The summed E-state index contributed by atoms with van der Waals surface area (Å²) in [5, 5.41) is 3.15. The Morgan fingerprint density at radius 1 is 1.37 bits per heavy atom. The normalized spacial score (nSPS) is 33.2. The van der Waals surface area contributed by atoms with Crippen molar-refractivity contribution in [1.29, 1.82) is 0 Å². The van der Waals surface area contributed by atoms with Gasteiger partial charge >= 0.3 is 0 Å². The van der Waals surface area contributed by atoms with Crippen molar-refractivity contribution in [1.82, 2.24) is 10.2 Å². The molecule has 0 radical (unpaired) electrons. The van der Waals surface area contributed by atoms with Crippen LogP contribution in [0.25, 0.3) is 0 Å². The molecule has 2 aliphatic rings. The topological polar surface area (TPSA) is 58.4 Å².